The number of halogens is 1. The lowest BCUT2D eigenvalue weighted by atomic mass is 10.1. The summed E-state index contributed by atoms with van der Waals surface area (Å²) in [6.45, 7) is 1.38. The molecule has 0 bridgehead atoms. The molecule has 1 saturated heterocycles. The van der Waals surface area contributed by atoms with Crippen molar-refractivity contribution < 1.29 is 14.7 Å². The highest BCUT2D eigenvalue weighted by atomic mass is 79.9. The summed E-state index contributed by atoms with van der Waals surface area (Å²) >= 11 is 8.44. The SMILES string of the molecule is C/C(=N\N1C(=O)CN(CC(=O)O)C1=S)c1ccc(Br)cc1. The zero-order valence-electron chi connectivity index (χ0n) is 11.1. The second-order valence-electron chi connectivity index (χ2n) is 4.43. The van der Waals surface area contributed by atoms with Gasteiger partial charge in [0.15, 0.2) is 0 Å². The molecule has 1 heterocycles. The van der Waals surface area contributed by atoms with Gasteiger partial charge in [0.05, 0.1) is 5.71 Å². The molecule has 1 aliphatic heterocycles. The van der Waals surface area contributed by atoms with Crippen LogP contribution in [0, 0.1) is 0 Å². The van der Waals surface area contributed by atoms with Crippen molar-refractivity contribution in [2.45, 2.75) is 6.92 Å². The molecule has 0 atom stereocenters. The average molecular weight is 370 g/mol. The summed E-state index contributed by atoms with van der Waals surface area (Å²) in [4.78, 5) is 23.9. The molecule has 1 aromatic rings. The number of hydrogen-bond donors (Lipinski definition) is 1. The highest BCUT2D eigenvalue weighted by molar-refractivity contribution is 9.10. The van der Waals surface area contributed by atoms with Crippen LogP contribution >= 0.6 is 28.1 Å². The molecule has 21 heavy (non-hydrogen) atoms. The minimum atomic E-state index is -1.04. The van der Waals surface area contributed by atoms with Crippen molar-refractivity contribution in [1.82, 2.24) is 9.91 Å². The van der Waals surface area contributed by atoms with E-state index in [9.17, 15) is 9.59 Å². The van der Waals surface area contributed by atoms with Crippen LogP contribution in [-0.2, 0) is 9.59 Å². The fourth-order valence-corrected chi connectivity index (χ4v) is 2.36. The van der Waals surface area contributed by atoms with E-state index in [2.05, 4.69) is 21.0 Å². The van der Waals surface area contributed by atoms with E-state index in [4.69, 9.17) is 17.3 Å². The van der Waals surface area contributed by atoms with Gasteiger partial charge in [-0.25, -0.2) is 0 Å². The van der Waals surface area contributed by atoms with Gasteiger partial charge in [-0.15, -0.1) is 0 Å². The maximum Gasteiger partial charge on any atom is 0.323 e. The van der Waals surface area contributed by atoms with Crippen molar-refractivity contribution in [2.24, 2.45) is 5.10 Å². The van der Waals surface area contributed by atoms with Crippen molar-refractivity contribution in [3.63, 3.8) is 0 Å². The number of hydrazone groups is 1. The Hall–Kier alpha value is -1.80. The molecular formula is C13H12BrN3O3S. The normalized spacial score (nSPS) is 15.8. The second-order valence-corrected chi connectivity index (χ2v) is 5.71. The standard InChI is InChI=1S/C13H12BrN3O3S/c1-8(9-2-4-10(14)5-3-9)15-17-11(18)6-16(13(17)21)7-12(19)20/h2-5H,6-7H2,1H3,(H,19,20)/b15-8+. The smallest absolute Gasteiger partial charge is 0.323 e. The van der Waals surface area contributed by atoms with Crippen molar-refractivity contribution in [3.05, 3.63) is 34.3 Å². The maximum absolute atomic E-state index is 11.9. The molecule has 0 aliphatic carbocycles. The maximum atomic E-state index is 11.9. The van der Waals surface area contributed by atoms with E-state index in [1.807, 2.05) is 24.3 Å². The largest absolute Gasteiger partial charge is 0.480 e. The van der Waals surface area contributed by atoms with Crippen molar-refractivity contribution in [1.29, 1.82) is 0 Å². The molecule has 6 nitrogen and oxygen atoms in total. The molecule has 0 radical (unpaired) electrons. The van der Waals surface area contributed by atoms with E-state index in [-0.39, 0.29) is 24.1 Å². The Bertz CT molecular complexity index is 630. The highest BCUT2D eigenvalue weighted by Crippen LogP contribution is 2.15. The lowest BCUT2D eigenvalue weighted by Gasteiger charge is -2.15. The van der Waals surface area contributed by atoms with E-state index >= 15 is 0 Å². The molecule has 0 aromatic heterocycles. The van der Waals surface area contributed by atoms with E-state index in [1.54, 1.807) is 6.92 Å². The first-order valence-electron chi connectivity index (χ1n) is 6.03. The minimum Gasteiger partial charge on any atom is -0.480 e. The zero-order valence-corrected chi connectivity index (χ0v) is 13.5. The Balaban J connectivity index is 2.19. The Kier molecular flexibility index (Phi) is 4.69. The first-order chi connectivity index (χ1) is 9.88. The third kappa shape index (κ3) is 3.64. The summed E-state index contributed by atoms with van der Waals surface area (Å²) in [6.07, 6.45) is 0. The fourth-order valence-electron chi connectivity index (χ4n) is 1.82. The van der Waals surface area contributed by atoms with Crippen molar-refractivity contribution in [3.8, 4) is 0 Å². The first-order valence-corrected chi connectivity index (χ1v) is 7.23. The quantitative estimate of drug-likeness (QED) is 0.645. The fraction of sp³-hybridized carbons (Fsp3) is 0.231. The number of rotatable bonds is 4. The van der Waals surface area contributed by atoms with Gasteiger partial charge in [-0.05, 0) is 36.8 Å². The number of amides is 1. The van der Waals surface area contributed by atoms with Crippen LogP contribution in [0.1, 0.15) is 12.5 Å². The number of carbonyl (C=O) groups is 2. The van der Waals surface area contributed by atoms with Gasteiger partial charge in [0.1, 0.15) is 13.1 Å². The zero-order chi connectivity index (χ0) is 15.6. The Morgan fingerprint density at radius 2 is 2.05 bits per heavy atom. The van der Waals surface area contributed by atoms with Crippen LogP contribution in [0.5, 0.6) is 0 Å². The predicted molar refractivity (Wildman–Crippen MR) is 85.0 cm³/mol. The summed E-state index contributed by atoms with van der Waals surface area (Å²) in [7, 11) is 0. The van der Waals surface area contributed by atoms with E-state index in [0.29, 0.717) is 5.71 Å². The first kappa shape index (κ1) is 15.6. The molecule has 0 saturated carbocycles. The second kappa shape index (κ2) is 6.31. The molecule has 1 fully saturated rings. The van der Waals surface area contributed by atoms with Crippen LogP contribution in [0.15, 0.2) is 33.8 Å². The molecule has 110 valence electrons. The van der Waals surface area contributed by atoms with Gasteiger partial charge in [0, 0.05) is 4.47 Å². The Morgan fingerprint density at radius 3 is 2.62 bits per heavy atom. The third-order valence-electron chi connectivity index (χ3n) is 2.85. The highest BCUT2D eigenvalue weighted by Gasteiger charge is 2.34. The Morgan fingerprint density at radius 1 is 1.43 bits per heavy atom. The molecule has 2 rings (SSSR count). The van der Waals surface area contributed by atoms with Gasteiger partial charge < -0.3 is 10.0 Å². The van der Waals surface area contributed by atoms with E-state index < -0.39 is 5.97 Å². The topological polar surface area (TPSA) is 73.2 Å². The molecule has 1 N–H and O–H groups in total. The molecule has 0 spiro atoms. The van der Waals surface area contributed by atoms with Gasteiger partial charge >= 0.3 is 5.97 Å². The number of carboxylic acids is 1. The van der Waals surface area contributed by atoms with Gasteiger partial charge in [-0.1, -0.05) is 28.1 Å². The number of hydrogen-bond acceptors (Lipinski definition) is 4. The van der Waals surface area contributed by atoms with Crippen LogP contribution in [-0.4, -0.2) is 50.8 Å². The van der Waals surface area contributed by atoms with Crippen LogP contribution in [0.25, 0.3) is 0 Å². The summed E-state index contributed by atoms with van der Waals surface area (Å²) in [5.41, 5.74) is 1.47. The summed E-state index contributed by atoms with van der Waals surface area (Å²) in [5, 5.41) is 14.2. The molecular weight excluding hydrogens is 358 g/mol. The number of carboxylic acid groups (broad SMARTS) is 1. The number of thiocarbonyl (C=S) groups is 1. The molecule has 8 heteroatoms. The van der Waals surface area contributed by atoms with Crippen molar-refractivity contribution >= 4 is 50.8 Å². The van der Waals surface area contributed by atoms with Gasteiger partial charge in [0.2, 0.25) is 5.11 Å². The number of aliphatic carboxylic acids is 1. The molecule has 1 aromatic carbocycles. The van der Waals surface area contributed by atoms with Gasteiger partial charge in [-0.3, -0.25) is 9.59 Å². The minimum absolute atomic E-state index is 0.0672. The predicted octanol–water partition coefficient (Wildman–Crippen LogP) is 1.69. The molecule has 0 unspecified atom stereocenters. The number of nitrogens with zero attached hydrogens (tertiary/aromatic N) is 3. The summed E-state index contributed by atoms with van der Waals surface area (Å²) in [6, 6.07) is 7.47. The van der Waals surface area contributed by atoms with Crippen LogP contribution in [0.4, 0.5) is 0 Å². The lowest BCUT2D eigenvalue weighted by Crippen LogP contribution is -2.33. The van der Waals surface area contributed by atoms with Crippen LogP contribution in [0.3, 0.4) is 0 Å². The van der Waals surface area contributed by atoms with E-state index in [1.165, 1.54) is 4.90 Å². The number of benzene rings is 1. The molecule has 1 aliphatic rings. The van der Waals surface area contributed by atoms with Gasteiger partial charge in [-0.2, -0.15) is 10.1 Å². The van der Waals surface area contributed by atoms with Crippen molar-refractivity contribution in [2.75, 3.05) is 13.1 Å². The van der Waals surface area contributed by atoms with Gasteiger partial charge in [0.25, 0.3) is 5.91 Å². The monoisotopic (exact) mass is 369 g/mol. The Labute approximate surface area is 135 Å². The summed E-state index contributed by atoms with van der Waals surface area (Å²) < 4.78 is 0.944. The van der Waals surface area contributed by atoms with Crippen LogP contribution in [0.2, 0.25) is 0 Å². The van der Waals surface area contributed by atoms with Crippen LogP contribution < -0.4 is 0 Å². The lowest BCUT2D eigenvalue weighted by molar-refractivity contribution is -0.137. The average Bonchev–Trinajstić information content (AvgIpc) is 2.66. The summed E-state index contributed by atoms with van der Waals surface area (Å²) in [5.74, 6) is -1.38. The third-order valence-corrected chi connectivity index (χ3v) is 3.81. The molecule has 1 amide bonds. The van der Waals surface area contributed by atoms with E-state index in [0.717, 1.165) is 15.0 Å². The number of carbonyl (C=O) groups excluding carboxylic acids is 1.